The molecule has 6 heteroatoms. The van der Waals surface area contributed by atoms with Gasteiger partial charge in [0.25, 0.3) is 0 Å². The van der Waals surface area contributed by atoms with E-state index in [4.69, 9.17) is 5.84 Å². The predicted molar refractivity (Wildman–Crippen MR) is 49.9 cm³/mol. The lowest BCUT2D eigenvalue weighted by Gasteiger charge is -2.33. The van der Waals surface area contributed by atoms with Crippen molar-refractivity contribution in [3.63, 3.8) is 0 Å². The van der Waals surface area contributed by atoms with Crippen LogP contribution in [0.4, 0.5) is 0 Å². The van der Waals surface area contributed by atoms with Crippen molar-refractivity contribution < 1.29 is 4.79 Å². The second-order valence-corrected chi connectivity index (χ2v) is 2.93. The Morgan fingerprint density at radius 1 is 1.62 bits per heavy atom. The molecule has 0 aromatic rings. The van der Waals surface area contributed by atoms with E-state index in [1.165, 1.54) is 0 Å². The molecule has 0 spiro atoms. The zero-order valence-corrected chi connectivity index (χ0v) is 7.95. The van der Waals surface area contributed by atoms with Crippen molar-refractivity contribution in [1.29, 1.82) is 0 Å². The fourth-order valence-electron chi connectivity index (χ4n) is 1.24. The van der Waals surface area contributed by atoms with Gasteiger partial charge in [0, 0.05) is 27.2 Å². The quantitative estimate of drug-likeness (QED) is 0.202. The second kappa shape index (κ2) is 4.08. The zero-order valence-electron chi connectivity index (χ0n) is 7.95. The SMILES string of the molecule is CN=C(NN)N1CCN(C)C(=O)C1. The number of carbonyl (C=O) groups is 1. The molecule has 74 valence electrons. The van der Waals surface area contributed by atoms with Crippen molar-refractivity contribution in [2.75, 3.05) is 33.7 Å². The van der Waals surface area contributed by atoms with Gasteiger partial charge in [0.05, 0.1) is 6.54 Å². The summed E-state index contributed by atoms with van der Waals surface area (Å²) < 4.78 is 0. The summed E-state index contributed by atoms with van der Waals surface area (Å²) in [6.07, 6.45) is 0. The Morgan fingerprint density at radius 3 is 2.77 bits per heavy atom. The third-order valence-electron chi connectivity index (χ3n) is 2.10. The molecular formula is C7H15N5O. The molecule has 1 aliphatic heterocycles. The summed E-state index contributed by atoms with van der Waals surface area (Å²) in [5.74, 6) is 5.89. The Hall–Kier alpha value is -1.30. The molecule has 1 rings (SSSR count). The lowest BCUT2D eigenvalue weighted by Crippen LogP contribution is -2.55. The van der Waals surface area contributed by atoms with E-state index in [9.17, 15) is 4.79 Å². The second-order valence-electron chi connectivity index (χ2n) is 2.93. The lowest BCUT2D eigenvalue weighted by molar-refractivity contribution is -0.132. The predicted octanol–water partition coefficient (Wildman–Crippen LogP) is -1.79. The van der Waals surface area contributed by atoms with Crippen LogP contribution in [0, 0.1) is 0 Å². The van der Waals surface area contributed by atoms with Gasteiger partial charge in [-0.25, -0.2) is 5.84 Å². The first-order valence-corrected chi connectivity index (χ1v) is 4.11. The standard InChI is InChI=1S/C7H15N5O/c1-9-7(10-8)12-4-3-11(2)6(13)5-12/h3-5,8H2,1-2H3,(H,9,10). The third-order valence-corrected chi connectivity index (χ3v) is 2.10. The average molecular weight is 185 g/mol. The summed E-state index contributed by atoms with van der Waals surface area (Å²) >= 11 is 0. The summed E-state index contributed by atoms with van der Waals surface area (Å²) in [7, 11) is 3.43. The maximum Gasteiger partial charge on any atom is 0.242 e. The summed E-state index contributed by atoms with van der Waals surface area (Å²) in [6, 6.07) is 0. The van der Waals surface area contributed by atoms with Gasteiger partial charge in [0.2, 0.25) is 11.9 Å². The molecule has 0 radical (unpaired) electrons. The number of guanidine groups is 1. The summed E-state index contributed by atoms with van der Waals surface area (Å²) in [6.45, 7) is 1.81. The van der Waals surface area contributed by atoms with Crippen molar-refractivity contribution in [3.05, 3.63) is 0 Å². The van der Waals surface area contributed by atoms with E-state index in [1.54, 1.807) is 19.0 Å². The molecule has 1 fully saturated rings. The van der Waals surface area contributed by atoms with Gasteiger partial charge in [-0.05, 0) is 0 Å². The number of piperazine rings is 1. The van der Waals surface area contributed by atoms with Gasteiger partial charge in [0.1, 0.15) is 0 Å². The van der Waals surface area contributed by atoms with Crippen LogP contribution in [0.2, 0.25) is 0 Å². The smallest absolute Gasteiger partial charge is 0.242 e. The molecule has 0 bridgehead atoms. The monoisotopic (exact) mass is 185 g/mol. The Balaban J connectivity index is 2.59. The molecule has 3 N–H and O–H groups in total. The number of nitrogens with zero attached hydrogens (tertiary/aromatic N) is 3. The minimum atomic E-state index is 0.0858. The van der Waals surface area contributed by atoms with E-state index in [1.807, 2.05) is 4.90 Å². The maximum atomic E-state index is 11.3. The van der Waals surface area contributed by atoms with Gasteiger partial charge in [0.15, 0.2) is 0 Å². The largest absolute Gasteiger partial charge is 0.342 e. The average Bonchev–Trinajstić information content (AvgIpc) is 2.13. The van der Waals surface area contributed by atoms with Crippen molar-refractivity contribution in [1.82, 2.24) is 15.2 Å². The number of likely N-dealkylation sites (N-methyl/N-ethyl adjacent to an activating group) is 1. The summed E-state index contributed by atoms with van der Waals surface area (Å²) in [5.41, 5.74) is 2.46. The van der Waals surface area contributed by atoms with Crippen LogP contribution in [0.1, 0.15) is 0 Å². The minimum Gasteiger partial charge on any atom is -0.342 e. The molecule has 6 nitrogen and oxygen atoms in total. The Kier molecular flexibility index (Phi) is 3.07. The highest BCUT2D eigenvalue weighted by molar-refractivity contribution is 5.87. The highest BCUT2D eigenvalue weighted by Crippen LogP contribution is 2.00. The number of carbonyl (C=O) groups excluding carboxylic acids is 1. The highest BCUT2D eigenvalue weighted by atomic mass is 16.2. The molecule has 0 unspecified atom stereocenters. The molecule has 13 heavy (non-hydrogen) atoms. The van der Waals surface area contributed by atoms with Crippen LogP contribution in [0.25, 0.3) is 0 Å². The Morgan fingerprint density at radius 2 is 2.31 bits per heavy atom. The number of rotatable bonds is 0. The fraction of sp³-hybridized carbons (Fsp3) is 0.714. The van der Waals surface area contributed by atoms with Crippen LogP contribution in [0.3, 0.4) is 0 Å². The van der Waals surface area contributed by atoms with Crippen molar-refractivity contribution in [2.45, 2.75) is 0 Å². The third kappa shape index (κ3) is 2.09. The van der Waals surface area contributed by atoms with Gasteiger partial charge >= 0.3 is 0 Å². The van der Waals surface area contributed by atoms with Gasteiger partial charge in [-0.2, -0.15) is 0 Å². The minimum absolute atomic E-state index is 0.0858. The molecular weight excluding hydrogens is 170 g/mol. The van der Waals surface area contributed by atoms with Crippen LogP contribution in [-0.2, 0) is 4.79 Å². The molecule has 0 saturated carbocycles. The Bertz CT molecular complexity index is 227. The van der Waals surface area contributed by atoms with E-state index >= 15 is 0 Å². The number of amides is 1. The first-order valence-electron chi connectivity index (χ1n) is 4.11. The molecule has 1 aliphatic rings. The van der Waals surface area contributed by atoms with E-state index in [2.05, 4.69) is 10.4 Å². The first kappa shape index (κ1) is 9.79. The molecule has 1 saturated heterocycles. The van der Waals surface area contributed by atoms with Gasteiger partial charge < -0.3 is 9.80 Å². The van der Waals surface area contributed by atoms with Gasteiger partial charge in [-0.3, -0.25) is 15.2 Å². The van der Waals surface area contributed by atoms with Crippen LogP contribution in [-0.4, -0.2) is 55.4 Å². The summed E-state index contributed by atoms with van der Waals surface area (Å²) in [5, 5.41) is 0. The van der Waals surface area contributed by atoms with E-state index in [0.717, 1.165) is 6.54 Å². The van der Waals surface area contributed by atoms with Crippen LogP contribution in [0.15, 0.2) is 4.99 Å². The number of nitrogens with two attached hydrogens (primary N) is 1. The van der Waals surface area contributed by atoms with E-state index < -0.39 is 0 Å². The highest BCUT2D eigenvalue weighted by Gasteiger charge is 2.22. The summed E-state index contributed by atoms with van der Waals surface area (Å²) in [4.78, 5) is 18.7. The van der Waals surface area contributed by atoms with Gasteiger partial charge in [-0.1, -0.05) is 0 Å². The first-order chi connectivity index (χ1) is 6.19. The number of hydrogen-bond donors (Lipinski definition) is 2. The van der Waals surface area contributed by atoms with Crippen LogP contribution >= 0.6 is 0 Å². The molecule has 0 aromatic heterocycles. The molecule has 0 aromatic carbocycles. The van der Waals surface area contributed by atoms with Crippen LogP contribution < -0.4 is 11.3 Å². The molecule has 1 heterocycles. The number of hydrazine groups is 1. The molecule has 1 amide bonds. The molecule has 0 atom stereocenters. The van der Waals surface area contributed by atoms with Crippen molar-refractivity contribution >= 4 is 11.9 Å². The molecule has 0 aliphatic carbocycles. The topological polar surface area (TPSA) is 74.0 Å². The Labute approximate surface area is 77.4 Å². The normalized spacial score (nSPS) is 19.3. The van der Waals surface area contributed by atoms with Gasteiger partial charge in [-0.15, -0.1) is 0 Å². The maximum absolute atomic E-state index is 11.3. The van der Waals surface area contributed by atoms with Crippen molar-refractivity contribution in [2.24, 2.45) is 10.8 Å². The number of hydrogen-bond acceptors (Lipinski definition) is 3. The van der Waals surface area contributed by atoms with E-state index in [0.29, 0.717) is 19.0 Å². The van der Waals surface area contributed by atoms with Crippen molar-refractivity contribution in [3.8, 4) is 0 Å². The zero-order chi connectivity index (χ0) is 9.84. The number of aliphatic imine (C=N–C) groups is 1. The number of nitrogens with one attached hydrogen (secondary N) is 1. The fourth-order valence-corrected chi connectivity index (χ4v) is 1.24. The van der Waals surface area contributed by atoms with E-state index in [-0.39, 0.29) is 5.91 Å². The van der Waals surface area contributed by atoms with Crippen LogP contribution in [0.5, 0.6) is 0 Å². The lowest BCUT2D eigenvalue weighted by atomic mass is 10.3.